The van der Waals surface area contributed by atoms with E-state index in [0.717, 1.165) is 17.8 Å². The fraction of sp³-hybridized carbons (Fsp3) is 0.375. The van der Waals surface area contributed by atoms with E-state index in [1.807, 2.05) is 6.07 Å². The van der Waals surface area contributed by atoms with Crippen LogP contribution in [0.3, 0.4) is 0 Å². The molecule has 0 atom stereocenters. The van der Waals surface area contributed by atoms with Gasteiger partial charge in [0.1, 0.15) is 5.76 Å². The van der Waals surface area contributed by atoms with E-state index in [4.69, 9.17) is 8.60 Å². The fourth-order valence-electron chi connectivity index (χ4n) is 0.607. The molecule has 1 aromatic rings. The van der Waals surface area contributed by atoms with Crippen molar-refractivity contribution in [3.05, 3.63) is 24.2 Å². The van der Waals surface area contributed by atoms with E-state index in [9.17, 15) is 4.79 Å². The monoisotopic (exact) mass is 186 g/mol. The lowest BCUT2D eigenvalue weighted by molar-refractivity contribution is -0.132. The molecule has 1 rings (SSSR count). The molecule has 0 fully saturated rings. The average molecular weight is 186 g/mol. The first-order chi connectivity index (χ1) is 5.83. The Kier molecular flexibility index (Phi) is 3.73. The predicted molar refractivity (Wildman–Crippen MR) is 46.4 cm³/mol. The van der Waals surface area contributed by atoms with Gasteiger partial charge in [-0.25, -0.2) is 0 Å². The second kappa shape index (κ2) is 4.87. The van der Waals surface area contributed by atoms with Crippen LogP contribution in [0.5, 0.6) is 0 Å². The minimum atomic E-state index is -0.202. The number of hydrogen-bond acceptors (Lipinski definition) is 4. The second-order valence-corrected chi connectivity index (χ2v) is 2.84. The zero-order valence-corrected chi connectivity index (χ0v) is 7.60. The zero-order valence-electron chi connectivity index (χ0n) is 6.78. The summed E-state index contributed by atoms with van der Waals surface area (Å²) in [5.74, 6) is 1.18. The molecule has 12 heavy (non-hydrogen) atoms. The molecular weight excluding hydrogens is 176 g/mol. The first kappa shape index (κ1) is 9.19. The molecule has 0 aromatic carbocycles. The average Bonchev–Trinajstić information content (AvgIpc) is 2.57. The van der Waals surface area contributed by atoms with Crippen LogP contribution in [0.1, 0.15) is 19.1 Å². The van der Waals surface area contributed by atoms with Gasteiger partial charge in [0.25, 0.3) is 0 Å². The van der Waals surface area contributed by atoms with Gasteiger partial charge < -0.3 is 8.60 Å². The highest BCUT2D eigenvalue weighted by Gasteiger charge is 2.01. The van der Waals surface area contributed by atoms with Gasteiger partial charge >= 0.3 is 5.97 Å². The Bertz CT molecular complexity index is 230. The highest BCUT2D eigenvalue weighted by atomic mass is 32.2. The zero-order chi connectivity index (χ0) is 8.81. The van der Waals surface area contributed by atoms with E-state index in [1.54, 1.807) is 19.3 Å². The van der Waals surface area contributed by atoms with E-state index in [2.05, 4.69) is 0 Å². The van der Waals surface area contributed by atoms with Crippen LogP contribution in [0, 0.1) is 0 Å². The summed E-state index contributed by atoms with van der Waals surface area (Å²) in [5.41, 5.74) is 0. The van der Waals surface area contributed by atoms with Crippen LogP contribution in [0.25, 0.3) is 0 Å². The van der Waals surface area contributed by atoms with Gasteiger partial charge in [-0.3, -0.25) is 4.79 Å². The highest BCUT2D eigenvalue weighted by Crippen LogP contribution is 2.13. The van der Waals surface area contributed by atoms with E-state index < -0.39 is 0 Å². The molecule has 0 aliphatic rings. The van der Waals surface area contributed by atoms with E-state index in [-0.39, 0.29) is 5.97 Å². The van der Waals surface area contributed by atoms with E-state index in [0.29, 0.717) is 12.2 Å². The Morgan fingerprint density at radius 2 is 2.58 bits per heavy atom. The van der Waals surface area contributed by atoms with Gasteiger partial charge in [0.05, 0.1) is 24.1 Å². The Balaban J connectivity index is 2.15. The summed E-state index contributed by atoms with van der Waals surface area (Å²) < 4.78 is 9.82. The summed E-state index contributed by atoms with van der Waals surface area (Å²) in [6, 6.07) is 3.64. The number of carbonyl (C=O) groups excluding carboxylic acids is 1. The Labute approximate surface area is 75.3 Å². The molecule has 1 heterocycles. The molecular formula is C8H10O3S. The summed E-state index contributed by atoms with van der Waals surface area (Å²) in [5, 5.41) is 0. The molecule has 0 radical (unpaired) electrons. The molecule has 0 spiro atoms. The molecule has 66 valence electrons. The van der Waals surface area contributed by atoms with Crippen molar-refractivity contribution in [3.63, 3.8) is 0 Å². The Hall–Kier alpha value is -0.900. The van der Waals surface area contributed by atoms with Gasteiger partial charge in [0, 0.05) is 6.42 Å². The Morgan fingerprint density at radius 3 is 3.17 bits per heavy atom. The number of rotatable bonds is 4. The molecule has 0 saturated heterocycles. The van der Waals surface area contributed by atoms with Gasteiger partial charge in [0.2, 0.25) is 0 Å². The molecule has 0 bridgehead atoms. The second-order valence-electron chi connectivity index (χ2n) is 2.15. The quantitative estimate of drug-likeness (QED) is 0.677. The maximum absolute atomic E-state index is 10.7. The number of hydrogen-bond donors (Lipinski definition) is 0. The van der Waals surface area contributed by atoms with E-state index in [1.165, 1.54) is 0 Å². The van der Waals surface area contributed by atoms with Crippen molar-refractivity contribution >= 4 is 18.0 Å². The number of carbonyl (C=O) groups is 1. The van der Waals surface area contributed by atoms with Gasteiger partial charge in [-0.2, -0.15) is 0 Å². The lowest BCUT2D eigenvalue weighted by Crippen LogP contribution is -1.94. The molecule has 0 aliphatic heterocycles. The molecule has 3 nitrogen and oxygen atoms in total. The molecule has 0 N–H and O–H groups in total. The van der Waals surface area contributed by atoms with Crippen molar-refractivity contribution < 1.29 is 13.4 Å². The van der Waals surface area contributed by atoms with Crippen molar-refractivity contribution in [2.75, 3.05) is 0 Å². The lowest BCUT2D eigenvalue weighted by Gasteiger charge is -1.97. The van der Waals surface area contributed by atoms with Crippen molar-refractivity contribution in [2.24, 2.45) is 0 Å². The minimum absolute atomic E-state index is 0.202. The summed E-state index contributed by atoms with van der Waals surface area (Å²) >= 11 is 1.10. The molecule has 1 aromatic heterocycles. The first-order valence-corrected chi connectivity index (χ1v) is 4.58. The van der Waals surface area contributed by atoms with Crippen molar-refractivity contribution in [3.8, 4) is 0 Å². The normalized spacial score (nSPS) is 9.75. The fourth-order valence-corrected chi connectivity index (χ4v) is 1.20. The maximum Gasteiger partial charge on any atom is 0.317 e. The van der Waals surface area contributed by atoms with Crippen molar-refractivity contribution in [1.82, 2.24) is 0 Å². The van der Waals surface area contributed by atoms with Crippen molar-refractivity contribution in [1.29, 1.82) is 0 Å². The smallest absolute Gasteiger partial charge is 0.317 e. The Morgan fingerprint density at radius 1 is 1.75 bits per heavy atom. The summed E-state index contributed by atoms with van der Waals surface area (Å²) in [6.07, 6.45) is 2.00. The van der Waals surface area contributed by atoms with Crippen LogP contribution in [-0.2, 0) is 14.7 Å². The third-order valence-electron chi connectivity index (χ3n) is 1.22. The van der Waals surface area contributed by atoms with Crippen molar-refractivity contribution in [2.45, 2.75) is 19.1 Å². The lowest BCUT2D eigenvalue weighted by atomic mass is 10.5. The van der Waals surface area contributed by atoms with Crippen LogP contribution in [0.2, 0.25) is 0 Å². The number of furan rings is 1. The summed E-state index contributed by atoms with van der Waals surface area (Å²) in [6.45, 7) is 1.76. The topological polar surface area (TPSA) is 39.4 Å². The maximum atomic E-state index is 10.7. The SMILES string of the molecule is CCC(=O)OSCc1ccco1. The third kappa shape index (κ3) is 3.00. The minimum Gasteiger partial charge on any atom is -0.468 e. The molecule has 0 unspecified atom stereocenters. The molecule has 0 saturated carbocycles. The largest absolute Gasteiger partial charge is 0.468 e. The summed E-state index contributed by atoms with van der Waals surface area (Å²) in [4.78, 5) is 10.7. The van der Waals surface area contributed by atoms with Gasteiger partial charge in [-0.15, -0.1) is 0 Å². The standard InChI is InChI=1S/C8H10O3S/c1-2-8(9)11-12-6-7-4-3-5-10-7/h3-5H,2,6H2,1H3. The highest BCUT2D eigenvalue weighted by molar-refractivity contribution is 7.94. The van der Waals surface area contributed by atoms with Crippen LogP contribution < -0.4 is 0 Å². The third-order valence-corrected chi connectivity index (χ3v) is 1.93. The van der Waals surface area contributed by atoms with Crippen LogP contribution >= 0.6 is 12.0 Å². The van der Waals surface area contributed by atoms with Crippen LogP contribution in [0.4, 0.5) is 0 Å². The van der Waals surface area contributed by atoms with E-state index >= 15 is 0 Å². The predicted octanol–water partition coefficient (Wildman–Crippen LogP) is 2.38. The van der Waals surface area contributed by atoms with Crippen LogP contribution in [-0.4, -0.2) is 5.97 Å². The molecule has 0 amide bonds. The first-order valence-electron chi connectivity index (χ1n) is 3.67. The molecule has 4 heteroatoms. The summed E-state index contributed by atoms with van der Waals surface area (Å²) in [7, 11) is 0. The van der Waals surface area contributed by atoms with Crippen LogP contribution in [0.15, 0.2) is 22.8 Å². The van der Waals surface area contributed by atoms with Gasteiger partial charge in [-0.05, 0) is 12.1 Å². The van der Waals surface area contributed by atoms with Gasteiger partial charge in [-0.1, -0.05) is 6.92 Å². The van der Waals surface area contributed by atoms with Gasteiger partial charge in [0.15, 0.2) is 0 Å². The molecule has 0 aliphatic carbocycles.